The highest BCUT2D eigenvalue weighted by Gasteiger charge is 2.27. The van der Waals surface area contributed by atoms with Crippen LogP contribution in [0.5, 0.6) is 0 Å². The Morgan fingerprint density at radius 1 is 1.21 bits per heavy atom. The first-order valence-electron chi connectivity index (χ1n) is 9.27. The SMILES string of the molecule is Nc1ccc(CNC(=O)[C@H](Cc2ccc(F)cc2)NC(=O)[C@H]2CCCN2)cn1. The van der Waals surface area contributed by atoms with Gasteiger partial charge in [-0.2, -0.15) is 0 Å². The monoisotopic (exact) mass is 385 g/mol. The Labute approximate surface area is 162 Å². The van der Waals surface area contributed by atoms with E-state index in [1.807, 2.05) is 0 Å². The van der Waals surface area contributed by atoms with Crippen LogP contribution in [0.15, 0.2) is 42.6 Å². The van der Waals surface area contributed by atoms with E-state index in [1.165, 1.54) is 12.1 Å². The molecule has 0 radical (unpaired) electrons. The van der Waals surface area contributed by atoms with Crippen molar-refractivity contribution in [1.82, 2.24) is 20.9 Å². The largest absolute Gasteiger partial charge is 0.384 e. The van der Waals surface area contributed by atoms with Crippen LogP contribution in [-0.2, 0) is 22.6 Å². The molecule has 2 heterocycles. The molecule has 1 aliphatic heterocycles. The van der Waals surface area contributed by atoms with Crippen molar-refractivity contribution in [2.75, 3.05) is 12.3 Å². The summed E-state index contributed by atoms with van der Waals surface area (Å²) >= 11 is 0. The van der Waals surface area contributed by atoms with Crippen LogP contribution in [0, 0.1) is 5.82 Å². The van der Waals surface area contributed by atoms with Crippen LogP contribution in [0.2, 0.25) is 0 Å². The molecule has 1 aromatic heterocycles. The van der Waals surface area contributed by atoms with Gasteiger partial charge in [-0.1, -0.05) is 18.2 Å². The van der Waals surface area contributed by atoms with Gasteiger partial charge < -0.3 is 21.7 Å². The molecule has 2 atom stereocenters. The van der Waals surface area contributed by atoms with Gasteiger partial charge >= 0.3 is 0 Å². The van der Waals surface area contributed by atoms with Gasteiger partial charge in [-0.3, -0.25) is 9.59 Å². The Hall–Kier alpha value is -3.00. The summed E-state index contributed by atoms with van der Waals surface area (Å²) < 4.78 is 13.2. The molecule has 0 bridgehead atoms. The number of halogens is 1. The quantitative estimate of drug-likeness (QED) is 0.566. The molecule has 0 unspecified atom stereocenters. The van der Waals surface area contributed by atoms with Gasteiger partial charge in [0.2, 0.25) is 11.8 Å². The second kappa shape index (κ2) is 9.27. The summed E-state index contributed by atoms with van der Waals surface area (Å²) in [6.45, 7) is 1.06. The maximum absolute atomic E-state index is 13.2. The highest BCUT2D eigenvalue weighted by molar-refractivity contribution is 5.90. The van der Waals surface area contributed by atoms with Crippen molar-refractivity contribution in [1.29, 1.82) is 0 Å². The van der Waals surface area contributed by atoms with Crippen molar-refractivity contribution >= 4 is 17.6 Å². The van der Waals surface area contributed by atoms with Crippen LogP contribution in [0.1, 0.15) is 24.0 Å². The molecule has 1 aliphatic rings. The number of carbonyl (C=O) groups excluding carboxylic acids is 2. The summed E-state index contributed by atoms with van der Waals surface area (Å²) in [6, 6.07) is 8.28. The fourth-order valence-electron chi connectivity index (χ4n) is 3.10. The lowest BCUT2D eigenvalue weighted by Gasteiger charge is -2.21. The maximum Gasteiger partial charge on any atom is 0.243 e. The molecule has 2 amide bonds. The summed E-state index contributed by atoms with van der Waals surface area (Å²) in [5, 5.41) is 8.76. The van der Waals surface area contributed by atoms with E-state index in [-0.39, 0.29) is 36.6 Å². The smallest absolute Gasteiger partial charge is 0.243 e. The van der Waals surface area contributed by atoms with Crippen molar-refractivity contribution in [2.45, 2.75) is 37.9 Å². The van der Waals surface area contributed by atoms with Crippen molar-refractivity contribution in [3.63, 3.8) is 0 Å². The summed E-state index contributed by atoms with van der Waals surface area (Å²) in [4.78, 5) is 29.2. The number of nitrogens with one attached hydrogen (secondary N) is 3. The molecule has 1 saturated heterocycles. The second-order valence-corrected chi connectivity index (χ2v) is 6.85. The molecule has 8 heteroatoms. The number of nitrogens with zero attached hydrogens (tertiary/aromatic N) is 1. The van der Waals surface area contributed by atoms with Gasteiger partial charge in [-0.25, -0.2) is 9.37 Å². The highest BCUT2D eigenvalue weighted by atomic mass is 19.1. The molecule has 1 aromatic carbocycles. The predicted molar refractivity (Wildman–Crippen MR) is 104 cm³/mol. The van der Waals surface area contributed by atoms with Crippen molar-refractivity contribution in [3.05, 3.63) is 59.5 Å². The van der Waals surface area contributed by atoms with Crippen LogP contribution >= 0.6 is 0 Å². The molecule has 5 N–H and O–H groups in total. The maximum atomic E-state index is 13.2. The Morgan fingerprint density at radius 2 is 1.96 bits per heavy atom. The standard InChI is InChI=1S/C20H24FN5O2/c21-15-6-3-13(4-7-15)10-17(26-20(28)16-2-1-9-23-16)19(27)25-12-14-5-8-18(22)24-11-14/h3-8,11,16-17,23H,1-2,9-10,12H2,(H2,22,24)(H,25,27)(H,26,28)/t16-,17+/m1/s1. The molecule has 7 nitrogen and oxygen atoms in total. The van der Waals surface area contributed by atoms with E-state index in [2.05, 4.69) is 20.9 Å². The average Bonchev–Trinajstić information content (AvgIpc) is 3.23. The van der Waals surface area contributed by atoms with Gasteiger partial charge in [0.25, 0.3) is 0 Å². The molecule has 0 aliphatic carbocycles. The molecule has 28 heavy (non-hydrogen) atoms. The molecule has 1 fully saturated rings. The first-order chi connectivity index (χ1) is 13.5. The zero-order valence-corrected chi connectivity index (χ0v) is 15.5. The van der Waals surface area contributed by atoms with E-state index in [0.29, 0.717) is 5.82 Å². The third-order valence-electron chi connectivity index (χ3n) is 4.68. The number of aromatic nitrogens is 1. The lowest BCUT2D eigenvalue weighted by atomic mass is 10.0. The van der Waals surface area contributed by atoms with Crippen LogP contribution in [0.3, 0.4) is 0 Å². The third kappa shape index (κ3) is 5.50. The third-order valence-corrected chi connectivity index (χ3v) is 4.68. The molecular weight excluding hydrogens is 361 g/mol. The van der Waals surface area contributed by atoms with Gasteiger partial charge in [0.05, 0.1) is 6.04 Å². The number of rotatable bonds is 7. The van der Waals surface area contributed by atoms with Crippen LogP contribution in [-0.4, -0.2) is 35.4 Å². The second-order valence-electron chi connectivity index (χ2n) is 6.85. The van der Waals surface area contributed by atoms with E-state index in [1.54, 1.807) is 30.5 Å². The van der Waals surface area contributed by atoms with Crippen molar-refractivity contribution < 1.29 is 14.0 Å². The van der Waals surface area contributed by atoms with Crippen molar-refractivity contribution in [3.8, 4) is 0 Å². The zero-order chi connectivity index (χ0) is 19.9. The summed E-state index contributed by atoms with van der Waals surface area (Å²) in [5.41, 5.74) is 7.12. The fraction of sp³-hybridized carbons (Fsp3) is 0.350. The number of carbonyl (C=O) groups is 2. The average molecular weight is 385 g/mol. The number of benzene rings is 1. The summed E-state index contributed by atoms with van der Waals surface area (Å²) in [6.07, 6.45) is 3.53. The van der Waals surface area contributed by atoms with E-state index in [9.17, 15) is 14.0 Å². The molecule has 148 valence electrons. The summed E-state index contributed by atoms with van der Waals surface area (Å²) in [7, 11) is 0. The van der Waals surface area contributed by atoms with E-state index in [4.69, 9.17) is 5.73 Å². The Balaban J connectivity index is 1.66. The normalized spacial score (nSPS) is 17.1. The zero-order valence-electron chi connectivity index (χ0n) is 15.5. The van der Waals surface area contributed by atoms with Gasteiger partial charge in [-0.15, -0.1) is 0 Å². The fourth-order valence-corrected chi connectivity index (χ4v) is 3.10. The molecular formula is C20H24FN5O2. The number of hydrogen-bond acceptors (Lipinski definition) is 5. The lowest BCUT2D eigenvalue weighted by molar-refractivity contribution is -0.129. The number of amides is 2. The van der Waals surface area contributed by atoms with Gasteiger partial charge in [-0.05, 0) is 48.7 Å². The van der Waals surface area contributed by atoms with Crippen LogP contribution in [0.25, 0.3) is 0 Å². The Kier molecular flexibility index (Phi) is 6.54. The van der Waals surface area contributed by atoms with Crippen LogP contribution in [0.4, 0.5) is 10.2 Å². The molecule has 0 spiro atoms. The van der Waals surface area contributed by atoms with Crippen LogP contribution < -0.4 is 21.7 Å². The van der Waals surface area contributed by atoms with Gasteiger partial charge in [0, 0.05) is 19.2 Å². The van der Waals surface area contributed by atoms with E-state index < -0.39 is 6.04 Å². The Bertz CT molecular complexity index is 804. The first-order valence-corrected chi connectivity index (χ1v) is 9.27. The molecule has 0 saturated carbocycles. The van der Waals surface area contributed by atoms with Gasteiger partial charge in [0.1, 0.15) is 17.7 Å². The van der Waals surface area contributed by atoms with Crippen molar-refractivity contribution in [2.24, 2.45) is 0 Å². The minimum absolute atomic E-state index is 0.200. The van der Waals surface area contributed by atoms with Gasteiger partial charge in [0.15, 0.2) is 0 Å². The number of nitrogens with two attached hydrogens (primary N) is 1. The first kappa shape index (κ1) is 19.8. The summed E-state index contributed by atoms with van der Waals surface area (Å²) in [5.74, 6) is -0.457. The number of anilines is 1. The van der Waals surface area contributed by atoms with E-state index >= 15 is 0 Å². The number of pyridine rings is 1. The topological polar surface area (TPSA) is 109 Å². The highest BCUT2D eigenvalue weighted by Crippen LogP contribution is 2.09. The lowest BCUT2D eigenvalue weighted by Crippen LogP contribution is -2.52. The molecule has 3 rings (SSSR count). The predicted octanol–water partition coefficient (Wildman–Crippen LogP) is 0.899. The minimum atomic E-state index is -0.762. The van der Waals surface area contributed by atoms with E-state index in [0.717, 1.165) is 30.5 Å². The minimum Gasteiger partial charge on any atom is -0.384 e. The number of hydrogen-bond donors (Lipinski definition) is 4. The Morgan fingerprint density at radius 3 is 2.61 bits per heavy atom. The number of nitrogen functional groups attached to an aromatic ring is 1. The molecule has 2 aromatic rings.